The number of nitrogens with one attached hydrogen (secondary N) is 1. The van der Waals surface area contributed by atoms with E-state index in [1.807, 2.05) is 30.3 Å². The summed E-state index contributed by atoms with van der Waals surface area (Å²) >= 11 is 1.47. The molecule has 0 aliphatic heterocycles. The van der Waals surface area contributed by atoms with Crippen LogP contribution < -0.4 is 5.32 Å². The molecule has 2 rings (SSSR count). The Kier molecular flexibility index (Phi) is 5.83. The van der Waals surface area contributed by atoms with Crippen molar-refractivity contribution < 1.29 is 9.90 Å². The smallest absolute Gasteiger partial charge is 0.235 e. The molecule has 0 saturated carbocycles. The van der Waals surface area contributed by atoms with E-state index >= 15 is 0 Å². The van der Waals surface area contributed by atoms with E-state index in [9.17, 15) is 4.79 Å². The van der Waals surface area contributed by atoms with E-state index in [0.717, 1.165) is 4.90 Å². The van der Waals surface area contributed by atoms with Gasteiger partial charge in [-0.15, -0.1) is 11.8 Å². The van der Waals surface area contributed by atoms with E-state index in [0.29, 0.717) is 17.3 Å². The number of carbonyl (C=O) groups excluding carboxylic acids is 1. The average molecular weight is 298 g/mol. The third kappa shape index (κ3) is 5.30. The van der Waals surface area contributed by atoms with Gasteiger partial charge in [0.25, 0.3) is 0 Å². The summed E-state index contributed by atoms with van der Waals surface area (Å²) in [6, 6.07) is 14.9. The molecule has 1 aromatic carbocycles. The molecule has 4 nitrogen and oxygen atoms in total. The summed E-state index contributed by atoms with van der Waals surface area (Å²) in [4.78, 5) is 17.1. The first-order chi connectivity index (χ1) is 10.3. The summed E-state index contributed by atoms with van der Waals surface area (Å²) in [6.07, 6.45) is 0. The first-order valence-electron chi connectivity index (χ1n) is 6.32. The zero-order valence-electron chi connectivity index (χ0n) is 11.2. The predicted octanol–water partition coefficient (Wildman–Crippen LogP) is 2.16. The molecule has 1 amide bonds. The lowest BCUT2D eigenvalue weighted by Crippen LogP contribution is -2.15. The summed E-state index contributed by atoms with van der Waals surface area (Å²) < 4.78 is 0. The molecule has 1 heterocycles. The number of aliphatic hydroxyl groups is 1. The van der Waals surface area contributed by atoms with Crippen molar-refractivity contribution in [3.8, 4) is 11.8 Å². The minimum atomic E-state index is -0.216. The van der Waals surface area contributed by atoms with Crippen LogP contribution in [-0.4, -0.2) is 28.4 Å². The maximum atomic E-state index is 11.9. The van der Waals surface area contributed by atoms with E-state index in [-0.39, 0.29) is 12.5 Å². The van der Waals surface area contributed by atoms with E-state index in [1.165, 1.54) is 11.8 Å². The van der Waals surface area contributed by atoms with Gasteiger partial charge >= 0.3 is 0 Å². The molecule has 0 saturated heterocycles. The molecule has 0 spiro atoms. The molecule has 0 unspecified atom stereocenters. The standard InChI is InChI=1S/C16H14N2O2S/c19-11-5-7-13-6-4-10-15(17-13)18-16(20)12-21-14-8-2-1-3-9-14/h1-4,6,8-10,19H,11-12H2,(H,17,18,20). The zero-order valence-corrected chi connectivity index (χ0v) is 12.1. The van der Waals surface area contributed by atoms with Gasteiger partial charge in [-0.3, -0.25) is 4.79 Å². The third-order valence-corrected chi connectivity index (χ3v) is 3.44. The number of hydrogen-bond donors (Lipinski definition) is 2. The van der Waals surface area contributed by atoms with Crippen LogP contribution in [0.1, 0.15) is 5.69 Å². The van der Waals surface area contributed by atoms with Gasteiger partial charge in [-0.2, -0.15) is 0 Å². The van der Waals surface area contributed by atoms with Gasteiger partial charge < -0.3 is 10.4 Å². The summed E-state index contributed by atoms with van der Waals surface area (Å²) in [7, 11) is 0. The van der Waals surface area contributed by atoms with Crippen molar-refractivity contribution in [2.45, 2.75) is 4.90 Å². The number of anilines is 1. The number of amides is 1. The first kappa shape index (κ1) is 15.1. The zero-order chi connectivity index (χ0) is 14.9. The molecule has 2 aromatic rings. The summed E-state index contributed by atoms with van der Waals surface area (Å²) in [6.45, 7) is -0.216. The topological polar surface area (TPSA) is 62.2 Å². The fourth-order valence-corrected chi connectivity index (χ4v) is 2.27. The molecule has 1 aromatic heterocycles. The fourth-order valence-electron chi connectivity index (χ4n) is 1.55. The number of aliphatic hydroxyl groups excluding tert-OH is 1. The van der Waals surface area contributed by atoms with Crippen molar-refractivity contribution in [2.24, 2.45) is 0 Å². The number of rotatable bonds is 4. The molecule has 0 bridgehead atoms. The molecule has 106 valence electrons. The average Bonchev–Trinajstić information content (AvgIpc) is 2.52. The molecular weight excluding hydrogens is 284 g/mol. The molecule has 0 fully saturated rings. The van der Waals surface area contributed by atoms with Crippen molar-refractivity contribution in [3.05, 3.63) is 54.2 Å². The summed E-state index contributed by atoms with van der Waals surface area (Å²) in [5.41, 5.74) is 0.512. The van der Waals surface area contributed by atoms with Crippen LogP contribution in [0.15, 0.2) is 53.4 Å². The lowest BCUT2D eigenvalue weighted by atomic mass is 10.3. The number of nitrogens with zero attached hydrogens (tertiary/aromatic N) is 1. The van der Waals surface area contributed by atoms with Gasteiger partial charge in [0, 0.05) is 4.90 Å². The number of aromatic nitrogens is 1. The van der Waals surface area contributed by atoms with Gasteiger partial charge in [-0.1, -0.05) is 30.2 Å². The molecule has 0 radical (unpaired) electrons. The molecule has 0 atom stereocenters. The van der Waals surface area contributed by atoms with Crippen LogP contribution in [0, 0.1) is 11.8 Å². The summed E-state index contributed by atoms with van der Waals surface area (Å²) in [5.74, 6) is 5.87. The number of carbonyl (C=O) groups is 1. The highest BCUT2D eigenvalue weighted by atomic mass is 32.2. The van der Waals surface area contributed by atoms with Crippen LogP contribution in [0.3, 0.4) is 0 Å². The lowest BCUT2D eigenvalue weighted by molar-refractivity contribution is -0.113. The largest absolute Gasteiger partial charge is 0.384 e. The van der Waals surface area contributed by atoms with Crippen molar-refractivity contribution >= 4 is 23.5 Å². The van der Waals surface area contributed by atoms with Crippen molar-refractivity contribution in [2.75, 3.05) is 17.7 Å². The monoisotopic (exact) mass is 298 g/mol. The van der Waals surface area contributed by atoms with E-state index in [1.54, 1.807) is 18.2 Å². The number of pyridine rings is 1. The Morgan fingerprint density at radius 1 is 1.19 bits per heavy atom. The Morgan fingerprint density at radius 2 is 2.00 bits per heavy atom. The van der Waals surface area contributed by atoms with Gasteiger partial charge in [0.05, 0.1) is 5.75 Å². The second kappa shape index (κ2) is 8.10. The summed E-state index contributed by atoms with van der Waals surface area (Å²) in [5, 5.41) is 11.4. The van der Waals surface area contributed by atoms with E-state index in [4.69, 9.17) is 5.11 Å². The minimum Gasteiger partial charge on any atom is -0.384 e. The van der Waals surface area contributed by atoms with Crippen molar-refractivity contribution in [3.63, 3.8) is 0 Å². The Bertz CT molecular complexity index is 663. The quantitative estimate of drug-likeness (QED) is 0.671. The van der Waals surface area contributed by atoms with Crippen molar-refractivity contribution in [1.82, 2.24) is 4.98 Å². The van der Waals surface area contributed by atoms with Gasteiger partial charge in [0.1, 0.15) is 18.1 Å². The van der Waals surface area contributed by atoms with Gasteiger partial charge in [0.15, 0.2) is 0 Å². The van der Waals surface area contributed by atoms with Gasteiger partial charge in [-0.25, -0.2) is 4.98 Å². The minimum absolute atomic E-state index is 0.122. The van der Waals surface area contributed by atoms with Gasteiger partial charge in [0.2, 0.25) is 5.91 Å². The SMILES string of the molecule is O=C(CSc1ccccc1)Nc1cccc(C#CCO)n1. The maximum Gasteiger partial charge on any atom is 0.235 e. The van der Waals surface area contributed by atoms with Crippen LogP contribution in [-0.2, 0) is 4.79 Å². The Morgan fingerprint density at radius 3 is 2.76 bits per heavy atom. The normalized spacial score (nSPS) is 9.57. The second-order valence-electron chi connectivity index (χ2n) is 4.02. The number of thioether (sulfide) groups is 1. The molecule has 21 heavy (non-hydrogen) atoms. The van der Waals surface area contributed by atoms with Crippen LogP contribution in [0.5, 0.6) is 0 Å². The number of benzene rings is 1. The Balaban J connectivity index is 1.90. The second-order valence-corrected chi connectivity index (χ2v) is 5.07. The molecule has 0 aliphatic rings. The fraction of sp³-hybridized carbons (Fsp3) is 0.125. The van der Waals surface area contributed by atoms with Crippen LogP contribution in [0.4, 0.5) is 5.82 Å². The van der Waals surface area contributed by atoms with Crippen LogP contribution in [0.2, 0.25) is 0 Å². The van der Waals surface area contributed by atoms with E-state index in [2.05, 4.69) is 22.1 Å². The Hall–Kier alpha value is -2.29. The lowest BCUT2D eigenvalue weighted by Gasteiger charge is -2.04. The number of hydrogen-bond acceptors (Lipinski definition) is 4. The van der Waals surface area contributed by atoms with Crippen LogP contribution in [0.25, 0.3) is 0 Å². The molecule has 5 heteroatoms. The third-order valence-electron chi connectivity index (χ3n) is 2.43. The van der Waals surface area contributed by atoms with Crippen LogP contribution >= 0.6 is 11.8 Å². The highest BCUT2D eigenvalue weighted by molar-refractivity contribution is 8.00. The molecule has 0 aliphatic carbocycles. The molecular formula is C16H14N2O2S. The Labute approximate surface area is 127 Å². The first-order valence-corrected chi connectivity index (χ1v) is 7.31. The van der Waals surface area contributed by atoms with Gasteiger partial charge in [-0.05, 0) is 30.2 Å². The molecule has 2 N–H and O–H groups in total. The van der Waals surface area contributed by atoms with Crippen molar-refractivity contribution in [1.29, 1.82) is 0 Å². The van der Waals surface area contributed by atoms with E-state index < -0.39 is 0 Å². The highest BCUT2D eigenvalue weighted by Crippen LogP contribution is 2.17. The highest BCUT2D eigenvalue weighted by Gasteiger charge is 2.04. The maximum absolute atomic E-state index is 11.9. The predicted molar refractivity (Wildman–Crippen MR) is 84.0 cm³/mol.